The minimum absolute atomic E-state index is 0.324. The molecular formula is C15H21F2O4-. The molecule has 4 nitrogen and oxygen atoms in total. The largest absolute Gasteiger partial charge is 0.544 e. The third-order valence-corrected chi connectivity index (χ3v) is 5.60. The molecule has 0 heterocycles. The molecule has 0 aromatic heterocycles. The van der Waals surface area contributed by atoms with Gasteiger partial charge in [-0.25, -0.2) is 0 Å². The SMILES string of the molecule is COCOC(C12CC3CC(CC(C3)C1)C2)C(F)(F)C(=O)[O-]. The maximum absolute atomic E-state index is 14.2. The Morgan fingerprint density at radius 3 is 2.10 bits per heavy atom. The molecule has 0 aliphatic heterocycles. The molecule has 4 aliphatic carbocycles. The number of carbonyl (C=O) groups is 1. The molecule has 0 spiro atoms. The summed E-state index contributed by atoms with van der Waals surface area (Å²) in [5.74, 6) is -5.03. The van der Waals surface area contributed by atoms with Crippen molar-refractivity contribution < 1.29 is 28.2 Å². The summed E-state index contributed by atoms with van der Waals surface area (Å²) >= 11 is 0. The van der Waals surface area contributed by atoms with E-state index in [-0.39, 0.29) is 6.79 Å². The van der Waals surface area contributed by atoms with Gasteiger partial charge in [-0.2, -0.15) is 8.78 Å². The zero-order chi connectivity index (χ0) is 15.3. The van der Waals surface area contributed by atoms with Crippen molar-refractivity contribution in [1.29, 1.82) is 0 Å². The van der Waals surface area contributed by atoms with E-state index in [0.717, 1.165) is 19.3 Å². The summed E-state index contributed by atoms with van der Waals surface area (Å²) in [5, 5.41) is 10.9. The highest BCUT2D eigenvalue weighted by Crippen LogP contribution is 2.63. The van der Waals surface area contributed by atoms with E-state index in [2.05, 4.69) is 0 Å². The summed E-state index contributed by atoms with van der Waals surface area (Å²) in [6, 6.07) is 0. The predicted molar refractivity (Wildman–Crippen MR) is 67.3 cm³/mol. The first-order chi connectivity index (χ1) is 9.87. The van der Waals surface area contributed by atoms with Crippen LogP contribution in [0.25, 0.3) is 0 Å². The summed E-state index contributed by atoms with van der Waals surface area (Å²) < 4.78 is 38.4. The van der Waals surface area contributed by atoms with E-state index in [9.17, 15) is 18.7 Å². The number of rotatable bonds is 6. The molecule has 0 aromatic carbocycles. The number of methoxy groups -OCH3 is 1. The standard InChI is InChI=1S/C15H22F2O4/c1-20-8-21-12(15(16,17)13(18)19)14-5-9-2-10(6-14)4-11(3-9)7-14/h9-12H,2-8H2,1H3,(H,18,19)/p-1. The number of halogens is 2. The Kier molecular flexibility index (Phi) is 3.72. The molecule has 0 amide bonds. The number of alkyl halides is 2. The Morgan fingerprint density at radius 1 is 1.24 bits per heavy atom. The van der Waals surface area contributed by atoms with E-state index < -0.39 is 23.4 Å². The molecule has 4 bridgehead atoms. The lowest BCUT2D eigenvalue weighted by Crippen LogP contribution is -2.62. The van der Waals surface area contributed by atoms with Gasteiger partial charge in [0.1, 0.15) is 18.9 Å². The summed E-state index contributed by atoms with van der Waals surface area (Å²) in [7, 11) is 1.34. The highest BCUT2D eigenvalue weighted by atomic mass is 19.3. The van der Waals surface area contributed by atoms with Gasteiger partial charge in [0.15, 0.2) is 0 Å². The molecule has 0 radical (unpaired) electrons. The van der Waals surface area contributed by atoms with E-state index in [1.807, 2.05) is 0 Å². The molecule has 0 N–H and O–H groups in total. The van der Waals surface area contributed by atoms with E-state index in [4.69, 9.17) is 9.47 Å². The molecule has 4 fully saturated rings. The molecule has 1 unspecified atom stereocenters. The molecule has 0 aromatic rings. The first kappa shape index (κ1) is 15.2. The number of ether oxygens (including phenoxy) is 2. The maximum atomic E-state index is 14.2. The van der Waals surface area contributed by atoms with Gasteiger partial charge in [0.2, 0.25) is 0 Å². The third-order valence-electron chi connectivity index (χ3n) is 5.60. The molecule has 1 atom stereocenters. The van der Waals surface area contributed by atoms with Gasteiger partial charge in [0.05, 0.1) is 0 Å². The average Bonchev–Trinajstić information content (AvgIpc) is 2.36. The quantitative estimate of drug-likeness (QED) is 0.699. The van der Waals surface area contributed by atoms with Crippen LogP contribution in [0.3, 0.4) is 0 Å². The first-order valence-corrected chi connectivity index (χ1v) is 7.57. The molecule has 4 saturated carbocycles. The van der Waals surface area contributed by atoms with Crippen LogP contribution < -0.4 is 5.11 Å². The fourth-order valence-electron chi connectivity index (χ4n) is 5.41. The number of carbonyl (C=O) groups excluding carboxylic acids is 1. The number of carboxylic acid groups (broad SMARTS) is 1. The lowest BCUT2D eigenvalue weighted by atomic mass is 9.47. The number of aliphatic carboxylic acids is 1. The van der Waals surface area contributed by atoms with Crippen molar-refractivity contribution in [3.05, 3.63) is 0 Å². The van der Waals surface area contributed by atoms with Gasteiger partial charge in [-0.05, 0) is 56.3 Å². The fraction of sp³-hybridized carbons (Fsp3) is 0.933. The highest BCUT2D eigenvalue weighted by molar-refractivity contribution is 5.74. The van der Waals surface area contributed by atoms with Gasteiger partial charge in [0.25, 0.3) is 0 Å². The molecule has 6 heteroatoms. The Bertz CT molecular complexity index is 389. The molecule has 4 rings (SSSR count). The Morgan fingerprint density at radius 2 is 1.71 bits per heavy atom. The number of hydrogen-bond donors (Lipinski definition) is 0. The van der Waals surface area contributed by atoms with E-state index >= 15 is 0 Å². The van der Waals surface area contributed by atoms with Crippen molar-refractivity contribution in [2.24, 2.45) is 23.2 Å². The molecule has 4 aliphatic rings. The molecule has 120 valence electrons. The van der Waals surface area contributed by atoms with Crippen LogP contribution in [0, 0.1) is 23.2 Å². The van der Waals surface area contributed by atoms with Crippen molar-refractivity contribution in [1.82, 2.24) is 0 Å². The van der Waals surface area contributed by atoms with Gasteiger partial charge < -0.3 is 19.4 Å². The summed E-state index contributed by atoms with van der Waals surface area (Å²) in [4.78, 5) is 10.9. The Balaban J connectivity index is 1.90. The van der Waals surface area contributed by atoms with Crippen LogP contribution in [0.15, 0.2) is 0 Å². The fourth-order valence-corrected chi connectivity index (χ4v) is 5.41. The van der Waals surface area contributed by atoms with Gasteiger partial charge >= 0.3 is 5.92 Å². The van der Waals surface area contributed by atoms with Crippen molar-refractivity contribution in [2.45, 2.75) is 50.6 Å². The normalized spacial score (nSPS) is 39.5. The van der Waals surface area contributed by atoms with Gasteiger partial charge in [-0.3, -0.25) is 0 Å². The van der Waals surface area contributed by atoms with Crippen molar-refractivity contribution in [3.63, 3.8) is 0 Å². The van der Waals surface area contributed by atoms with Crippen LogP contribution in [-0.4, -0.2) is 31.9 Å². The molecular weight excluding hydrogens is 282 g/mol. The van der Waals surface area contributed by atoms with Crippen molar-refractivity contribution >= 4 is 5.97 Å². The van der Waals surface area contributed by atoms with Crippen molar-refractivity contribution in [3.8, 4) is 0 Å². The Hall–Kier alpha value is -0.750. The van der Waals surface area contributed by atoms with Crippen LogP contribution in [0.2, 0.25) is 0 Å². The van der Waals surface area contributed by atoms with Crippen LogP contribution in [0.4, 0.5) is 8.78 Å². The van der Waals surface area contributed by atoms with Gasteiger partial charge in [-0.1, -0.05) is 0 Å². The zero-order valence-corrected chi connectivity index (χ0v) is 12.1. The highest BCUT2D eigenvalue weighted by Gasteiger charge is 2.61. The predicted octanol–water partition coefficient (Wildman–Crippen LogP) is 1.58. The van der Waals surface area contributed by atoms with Crippen LogP contribution in [0.5, 0.6) is 0 Å². The van der Waals surface area contributed by atoms with Crippen LogP contribution in [-0.2, 0) is 14.3 Å². The monoisotopic (exact) mass is 303 g/mol. The number of hydrogen-bond acceptors (Lipinski definition) is 4. The van der Waals surface area contributed by atoms with Crippen molar-refractivity contribution in [2.75, 3.05) is 13.9 Å². The smallest absolute Gasteiger partial charge is 0.313 e. The first-order valence-electron chi connectivity index (χ1n) is 7.57. The lowest BCUT2D eigenvalue weighted by Gasteiger charge is -2.59. The minimum atomic E-state index is -3.98. The lowest BCUT2D eigenvalue weighted by molar-refractivity contribution is -0.348. The summed E-state index contributed by atoms with van der Waals surface area (Å²) in [5.41, 5.74) is -0.739. The number of carboxylic acids is 1. The van der Waals surface area contributed by atoms with E-state index in [1.54, 1.807) is 0 Å². The summed E-state index contributed by atoms with van der Waals surface area (Å²) in [6.45, 7) is -0.324. The second-order valence-corrected chi connectivity index (χ2v) is 7.14. The molecule has 0 saturated heterocycles. The maximum Gasteiger partial charge on any atom is 0.313 e. The Labute approximate surface area is 122 Å². The minimum Gasteiger partial charge on any atom is -0.544 e. The molecule has 21 heavy (non-hydrogen) atoms. The summed E-state index contributed by atoms with van der Waals surface area (Å²) in [6.07, 6.45) is 3.53. The van der Waals surface area contributed by atoms with Gasteiger partial charge in [-0.15, -0.1) is 0 Å². The van der Waals surface area contributed by atoms with E-state index in [0.29, 0.717) is 37.0 Å². The second-order valence-electron chi connectivity index (χ2n) is 7.14. The zero-order valence-electron chi connectivity index (χ0n) is 12.1. The van der Waals surface area contributed by atoms with E-state index in [1.165, 1.54) is 7.11 Å². The van der Waals surface area contributed by atoms with Crippen LogP contribution >= 0.6 is 0 Å². The van der Waals surface area contributed by atoms with Gasteiger partial charge in [0, 0.05) is 12.5 Å². The van der Waals surface area contributed by atoms with Crippen LogP contribution in [0.1, 0.15) is 38.5 Å². The topological polar surface area (TPSA) is 58.6 Å². The second kappa shape index (κ2) is 5.16. The average molecular weight is 303 g/mol. The third kappa shape index (κ3) is 2.46.